The second kappa shape index (κ2) is 10.1. The maximum atomic E-state index is 13.8. The molecule has 0 radical (unpaired) electrons. The summed E-state index contributed by atoms with van der Waals surface area (Å²) in [5.41, 5.74) is 4.27. The number of pyridine rings is 1. The zero-order valence-electron chi connectivity index (χ0n) is 20.9. The number of anilines is 2. The number of hydrogen-bond acceptors (Lipinski definition) is 7. The van der Waals surface area contributed by atoms with Gasteiger partial charge in [0.2, 0.25) is 5.13 Å². The highest BCUT2D eigenvalue weighted by atomic mass is 32.1. The number of aromatic nitrogens is 4. The molecular weight excluding hydrogens is 496 g/mol. The highest BCUT2D eigenvalue weighted by Crippen LogP contribution is 2.38. The Morgan fingerprint density at radius 1 is 1.31 bits per heavy atom. The Kier molecular flexibility index (Phi) is 6.95. The molecule has 0 atom stereocenters. The minimum Gasteiger partial charge on any atom is -0.361 e. The van der Waals surface area contributed by atoms with E-state index in [1.807, 2.05) is 23.4 Å². The lowest BCUT2D eigenvalue weighted by molar-refractivity contribution is 0.0498. The number of H-pyrrole nitrogens is 1. The first-order valence-corrected chi connectivity index (χ1v) is 16.8. The van der Waals surface area contributed by atoms with Crippen molar-refractivity contribution in [2.75, 3.05) is 36.6 Å². The van der Waals surface area contributed by atoms with Crippen LogP contribution < -0.4 is 10.2 Å². The number of carbonyl (C=O) groups is 2. The normalized spacial score (nSPS) is 17.1. The van der Waals surface area contributed by atoms with E-state index in [9.17, 15) is 9.59 Å². The van der Waals surface area contributed by atoms with E-state index in [0.29, 0.717) is 44.2 Å². The molecule has 2 aliphatic heterocycles. The first kappa shape index (κ1) is 24.7. The molecule has 0 unspecified atom stereocenters. The molecule has 0 aromatic carbocycles. The number of piperidine rings is 1. The highest BCUT2D eigenvalue weighted by Gasteiger charge is 2.38. The zero-order chi connectivity index (χ0) is 25.3. The lowest BCUT2D eigenvalue weighted by Gasteiger charge is -2.44. The summed E-state index contributed by atoms with van der Waals surface area (Å²) in [6.07, 6.45) is 5.06. The van der Waals surface area contributed by atoms with Crippen LogP contribution in [0.1, 0.15) is 18.4 Å². The summed E-state index contributed by atoms with van der Waals surface area (Å²) in [5.74, 6) is 0. The Hall–Kier alpha value is -3.03. The lowest BCUT2D eigenvalue weighted by Crippen LogP contribution is -2.56. The first-order valence-electron chi connectivity index (χ1n) is 12.2. The number of hydrogen-bond donors (Lipinski definition) is 2. The minimum atomic E-state index is -1.21. The maximum absolute atomic E-state index is 13.8. The molecule has 5 heterocycles. The van der Waals surface area contributed by atoms with Crippen LogP contribution in [0.25, 0.3) is 11.0 Å². The molecule has 3 aromatic rings. The Labute approximate surface area is 214 Å². The predicted octanol–water partition coefficient (Wildman–Crippen LogP) is 4.17. The molecule has 0 spiro atoms. The van der Waals surface area contributed by atoms with E-state index in [4.69, 9.17) is 4.74 Å². The lowest BCUT2D eigenvalue weighted by atomic mass is 9.99. The van der Waals surface area contributed by atoms with Crippen molar-refractivity contribution in [3.05, 3.63) is 29.5 Å². The third kappa shape index (κ3) is 5.22. The van der Waals surface area contributed by atoms with Gasteiger partial charge in [-0.1, -0.05) is 31.0 Å². The van der Waals surface area contributed by atoms with Crippen molar-refractivity contribution in [1.82, 2.24) is 30.0 Å². The molecule has 0 bridgehead atoms. The number of rotatable bonds is 7. The van der Waals surface area contributed by atoms with Crippen molar-refractivity contribution in [1.29, 1.82) is 0 Å². The molecule has 1 fully saturated rings. The Morgan fingerprint density at radius 2 is 2.11 bits per heavy atom. The van der Waals surface area contributed by atoms with Gasteiger partial charge in [0.15, 0.2) is 0 Å². The van der Waals surface area contributed by atoms with E-state index in [1.54, 1.807) is 15.3 Å². The van der Waals surface area contributed by atoms with Gasteiger partial charge >= 0.3 is 12.1 Å². The molecule has 5 rings (SSSR count). The molecule has 36 heavy (non-hydrogen) atoms. The monoisotopic (exact) mass is 528 g/mol. The van der Waals surface area contributed by atoms with Gasteiger partial charge in [0.1, 0.15) is 17.9 Å². The van der Waals surface area contributed by atoms with Crippen molar-refractivity contribution in [3.63, 3.8) is 0 Å². The van der Waals surface area contributed by atoms with E-state index in [-0.39, 0.29) is 24.8 Å². The third-order valence-electron chi connectivity index (χ3n) is 6.65. The third-order valence-corrected chi connectivity index (χ3v) is 8.96. The fourth-order valence-corrected chi connectivity index (χ4v) is 5.87. The van der Waals surface area contributed by atoms with Crippen LogP contribution >= 0.6 is 11.3 Å². The summed E-state index contributed by atoms with van der Waals surface area (Å²) in [5, 5.41) is 11.9. The Morgan fingerprint density at radius 3 is 2.83 bits per heavy atom. The van der Waals surface area contributed by atoms with Gasteiger partial charge in [-0.3, -0.25) is 15.1 Å². The van der Waals surface area contributed by atoms with E-state index >= 15 is 0 Å². The van der Waals surface area contributed by atoms with Crippen molar-refractivity contribution >= 4 is 53.3 Å². The summed E-state index contributed by atoms with van der Waals surface area (Å²) in [6.45, 7) is 9.41. The first-order chi connectivity index (χ1) is 17.3. The molecule has 4 amide bonds. The predicted molar refractivity (Wildman–Crippen MR) is 142 cm³/mol. The van der Waals surface area contributed by atoms with Crippen molar-refractivity contribution < 1.29 is 14.3 Å². The van der Waals surface area contributed by atoms with Gasteiger partial charge in [0.25, 0.3) is 0 Å². The van der Waals surface area contributed by atoms with Gasteiger partial charge in [-0.25, -0.2) is 14.6 Å². The minimum absolute atomic E-state index is 0.0351. The molecule has 13 heteroatoms. The van der Waals surface area contributed by atoms with Crippen LogP contribution in [0.2, 0.25) is 25.7 Å². The molecule has 2 N–H and O–H groups in total. The fourth-order valence-electron chi connectivity index (χ4n) is 4.67. The molecule has 1 saturated heterocycles. The molecule has 3 aromatic heterocycles. The van der Waals surface area contributed by atoms with Gasteiger partial charge in [-0.05, 0) is 25.0 Å². The quantitative estimate of drug-likeness (QED) is 0.351. The zero-order valence-corrected chi connectivity index (χ0v) is 22.7. The molecular formula is C23H32N8O3SSi. The van der Waals surface area contributed by atoms with Crippen LogP contribution in [-0.2, 0) is 11.3 Å². The van der Waals surface area contributed by atoms with Crippen LogP contribution in [0.4, 0.5) is 20.4 Å². The van der Waals surface area contributed by atoms with Crippen molar-refractivity contribution in [2.24, 2.45) is 0 Å². The standard InChI is InChI=1S/C23H32N8O3SSi/c1-36(2,3)11-10-34-15-30-13-16-12-25-20-18(4-7-24-20)19(16)31(23(30)33)17-5-8-29(9-6-17)22(32)27-21-28-26-14-35-21/h4,7,12,14,17H,5-6,8-11,13,15H2,1-3H3,(H,24,25)(H,27,28,32). The number of fused-ring (bicyclic) bond motifs is 3. The van der Waals surface area contributed by atoms with Crippen LogP contribution in [0.3, 0.4) is 0 Å². The average molecular weight is 529 g/mol. The van der Waals surface area contributed by atoms with Crippen LogP contribution in [0, 0.1) is 0 Å². The molecule has 0 aliphatic carbocycles. The average Bonchev–Trinajstić information content (AvgIpc) is 3.54. The number of nitrogens with zero attached hydrogens (tertiary/aromatic N) is 6. The summed E-state index contributed by atoms with van der Waals surface area (Å²) < 4.78 is 5.96. The Bertz CT molecular complexity index is 1220. The van der Waals surface area contributed by atoms with Crippen molar-refractivity contribution in [3.8, 4) is 0 Å². The van der Waals surface area contributed by atoms with Gasteiger partial charge in [-0.2, -0.15) is 0 Å². The van der Waals surface area contributed by atoms with Crippen LogP contribution in [0.15, 0.2) is 24.0 Å². The number of carbonyl (C=O) groups excluding carboxylic acids is 2. The second-order valence-corrected chi connectivity index (χ2v) is 16.9. The van der Waals surface area contributed by atoms with Crippen LogP contribution in [0.5, 0.6) is 0 Å². The number of urea groups is 2. The SMILES string of the molecule is C[Si](C)(C)CCOCN1Cc2cnc3[nH]ccc3c2N(C2CCN(C(=O)Nc3nncs3)CC2)C1=O. The number of amides is 4. The van der Waals surface area contributed by atoms with Crippen molar-refractivity contribution in [2.45, 2.75) is 51.1 Å². The van der Waals surface area contributed by atoms with E-state index in [0.717, 1.165) is 28.3 Å². The van der Waals surface area contributed by atoms with Gasteiger partial charge < -0.3 is 14.6 Å². The maximum Gasteiger partial charge on any atom is 0.326 e. The second-order valence-electron chi connectivity index (χ2n) is 10.5. The molecule has 2 aliphatic rings. The van der Waals surface area contributed by atoms with Gasteiger partial charge in [-0.15, -0.1) is 10.2 Å². The summed E-state index contributed by atoms with van der Waals surface area (Å²) >= 11 is 1.28. The topological polar surface area (TPSA) is 120 Å². The van der Waals surface area contributed by atoms with Crippen LogP contribution in [-0.4, -0.2) is 82.6 Å². The molecule has 192 valence electrons. The number of likely N-dealkylation sites (tertiary alicyclic amines) is 1. The van der Waals surface area contributed by atoms with E-state index < -0.39 is 8.07 Å². The summed E-state index contributed by atoms with van der Waals surface area (Å²) in [7, 11) is -1.21. The fraction of sp³-hybridized carbons (Fsp3) is 0.522. The van der Waals surface area contributed by atoms with E-state index in [2.05, 4.69) is 45.1 Å². The summed E-state index contributed by atoms with van der Waals surface area (Å²) in [4.78, 5) is 39.7. The molecule has 11 nitrogen and oxygen atoms in total. The highest BCUT2D eigenvalue weighted by molar-refractivity contribution is 7.13. The smallest absolute Gasteiger partial charge is 0.326 e. The summed E-state index contributed by atoms with van der Waals surface area (Å²) in [6, 6.07) is 2.75. The number of ether oxygens (including phenoxy) is 1. The molecule has 0 saturated carbocycles. The largest absolute Gasteiger partial charge is 0.361 e. The van der Waals surface area contributed by atoms with Gasteiger partial charge in [0.05, 0.1) is 12.2 Å². The number of nitrogens with one attached hydrogen (secondary N) is 2. The Balaban J connectivity index is 1.32. The van der Waals surface area contributed by atoms with Gasteiger partial charge in [0, 0.05) is 57.2 Å². The number of aromatic amines is 1. The van der Waals surface area contributed by atoms with E-state index in [1.165, 1.54) is 11.3 Å².